The molecule has 0 fully saturated rings. The molecule has 228 valence electrons. The number of hydrogen-bond acceptors (Lipinski definition) is 0. The molecule has 6 aromatic carbocycles. The van der Waals surface area contributed by atoms with E-state index in [0.717, 1.165) is 19.3 Å². The van der Waals surface area contributed by atoms with Crippen molar-refractivity contribution in [2.24, 2.45) is 5.92 Å². The highest BCUT2D eigenvalue weighted by Gasteiger charge is 2.49. The summed E-state index contributed by atoms with van der Waals surface area (Å²) in [6.45, 7) is 7.34. The summed E-state index contributed by atoms with van der Waals surface area (Å²) >= 11 is 0. The lowest BCUT2D eigenvalue weighted by Gasteiger charge is -2.41. The second-order valence-corrected chi connectivity index (χ2v) is 16.8. The highest BCUT2D eigenvalue weighted by molar-refractivity contribution is 7.80. The van der Waals surface area contributed by atoms with Crippen molar-refractivity contribution in [3.05, 3.63) is 180 Å². The summed E-state index contributed by atoms with van der Waals surface area (Å²) in [5.41, 5.74) is 6.13. The zero-order chi connectivity index (χ0) is 31.5. The van der Waals surface area contributed by atoms with Gasteiger partial charge in [0.05, 0.1) is 0 Å². The standard InChI is InChI=1S/C44H42P2/c1-4-34-20-18-30-40(45(36-22-10-6-11-23-36)37-24-12-7-13-25-37)42(34)44(5-2)33(3)32-35-21-19-31-41(43(35)44)46(38-26-14-8-15-27-38)39-28-16-9-17-29-39/h6-31,33H,4-5,32H2,1-3H3. The third-order valence-corrected chi connectivity index (χ3v) is 15.0. The highest BCUT2D eigenvalue weighted by Crippen LogP contribution is 2.54. The Balaban J connectivity index is 1.55. The number of benzene rings is 6. The van der Waals surface area contributed by atoms with E-state index in [9.17, 15) is 0 Å². The normalized spacial score (nSPS) is 17.4. The van der Waals surface area contributed by atoms with E-state index in [4.69, 9.17) is 0 Å². The maximum absolute atomic E-state index is 2.53. The largest absolute Gasteiger partial charge is 0.0642 e. The maximum atomic E-state index is 2.53. The molecule has 0 aliphatic heterocycles. The zero-order valence-electron chi connectivity index (χ0n) is 27.1. The lowest BCUT2D eigenvalue weighted by atomic mass is 9.66. The van der Waals surface area contributed by atoms with Crippen molar-refractivity contribution in [1.29, 1.82) is 0 Å². The molecule has 0 aromatic heterocycles. The molecule has 7 rings (SSSR count). The molecule has 1 aliphatic carbocycles. The Bertz CT molecular complexity index is 1820. The van der Waals surface area contributed by atoms with E-state index in [-0.39, 0.29) is 5.41 Å². The van der Waals surface area contributed by atoms with Crippen LogP contribution in [-0.4, -0.2) is 0 Å². The zero-order valence-corrected chi connectivity index (χ0v) is 28.9. The Morgan fingerprint density at radius 2 is 0.913 bits per heavy atom. The second-order valence-electron chi connectivity index (χ2n) is 12.4. The Hall–Kier alpha value is -3.82. The first-order valence-corrected chi connectivity index (χ1v) is 19.4. The first kappa shape index (κ1) is 30.8. The van der Waals surface area contributed by atoms with Crippen molar-refractivity contribution in [1.82, 2.24) is 0 Å². The number of aryl methyl sites for hydroxylation is 1. The predicted octanol–water partition coefficient (Wildman–Crippen LogP) is 8.65. The topological polar surface area (TPSA) is 0 Å². The molecule has 0 saturated carbocycles. The Morgan fingerprint density at radius 3 is 1.33 bits per heavy atom. The molecule has 46 heavy (non-hydrogen) atoms. The van der Waals surface area contributed by atoms with E-state index < -0.39 is 15.8 Å². The predicted molar refractivity (Wildman–Crippen MR) is 204 cm³/mol. The lowest BCUT2D eigenvalue weighted by molar-refractivity contribution is 0.366. The van der Waals surface area contributed by atoms with Crippen LogP contribution < -0.4 is 31.8 Å². The molecular weight excluding hydrogens is 590 g/mol. The summed E-state index contributed by atoms with van der Waals surface area (Å²) in [6, 6.07) is 59.5. The minimum atomic E-state index is -0.758. The molecule has 0 saturated heterocycles. The number of fused-ring (bicyclic) bond motifs is 1. The molecule has 0 amide bonds. The first-order chi connectivity index (χ1) is 22.7. The summed E-state index contributed by atoms with van der Waals surface area (Å²) in [5, 5.41) is 8.71. The van der Waals surface area contributed by atoms with Crippen LogP contribution in [0.25, 0.3) is 0 Å². The van der Waals surface area contributed by atoms with Gasteiger partial charge >= 0.3 is 0 Å². The Kier molecular flexibility index (Phi) is 9.04. The second kappa shape index (κ2) is 13.5. The smallest absolute Gasteiger partial charge is 0.0247 e. The van der Waals surface area contributed by atoms with Crippen LogP contribution >= 0.6 is 15.8 Å². The van der Waals surface area contributed by atoms with Crippen LogP contribution in [-0.2, 0) is 18.3 Å². The van der Waals surface area contributed by atoms with Gasteiger partial charge in [-0.05, 0) is 95.1 Å². The molecule has 0 radical (unpaired) electrons. The van der Waals surface area contributed by atoms with Gasteiger partial charge in [0.1, 0.15) is 0 Å². The van der Waals surface area contributed by atoms with Gasteiger partial charge in [-0.2, -0.15) is 0 Å². The Labute approximate surface area is 278 Å². The van der Waals surface area contributed by atoms with Gasteiger partial charge in [-0.1, -0.05) is 178 Å². The SMILES string of the molecule is CCc1cccc(P(c2ccccc2)c2ccccc2)c1C1(CC)c2c(cccc2P(c2ccccc2)c2ccccc2)CC1C. The minimum absolute atomic E-state index is 0.0951. The molecule has 2 heteroatoms. The van der Waals surface area contributed by atoms with E-state index in [1.165, 1.54) is 43.0 Å². The van der Waals surface area contributed by atoms with Gasteiger partial charge in [-0.15, -0.1) is 0 Å². The molecule has 0 spiro atoms. The fourth-order valence-corrected chi connectivity index (χ4v) is 13.2. The fourth-order valence-electron chi connectivity index (χ4n) is 8.03. The summed E-state index contributed by atoms with van der Waals surface area (Å²) in [7, 11) is -1.50. The van der Waals surface area contributed by atoms with E-state index in [0.29, 0.717) is 5.92 Å². The van der Waals surface area contributed by atoms with Gasteiger partial charge in [-0.25, -0.2) is 0 Å². The van der Waals surface area contributed by atoms with Gasteiger partial charge in [0.25, 0.3) is 0 Å². The average molecular weight is 633 g/mol. The third kappa shape index (κ3) is 5.37. The summed E-state index contributed by atoms with van der Waals surface area (Å²) in [5.74, 6) is 0.479. The van der Waals surface area contributed by atoms with Crippen molar-refractivity contribution in [3.63, 3.8) is 0 Å². The molecule has 0 bridgehead atoms. The molecule has 1 aliphatic rings. The number of rotatable bonds is 9. The minimum Gasteiger partial charge on any atom is -0.0642 e. The lowest BCUT2D eigenvalue weighted by Crippen LogP contribution is -2.41. The van der Waals surface area contributed by atoms with Gasteiger partial charge in [0.2, 0.25) is 0 Å². The van der Waals surface area contributed by atoms with Crippen molar-refractivity contribution in [2.75, 3.05) is 0 Å². The average Bonchev–Trinajstić information content (AvgIpc) is 3.42. The van der Waals surface area contributed by atoms with Crippen LogP contribution in [0, 0.1) is 5.92 Å². The molecule has 0 N–H and O–H groups in total. The molecule has 0 heterocycles. The van der Waals surface area contributed by atoms with E-state index in [1.54, 1.807) is 11.1 Å². The Morgan fingerprint density at radius 1 is 0.500 bits per heavy atom. The maximum Gasteiger partial charge on any atom is 0.0247 e. The van der Waals surface area contributed by atoms with Gasteiger partial charge < -0.3 is 0 Å². The third-order valence-electron chi connectivity index (χ3n) is 10.00. The van der Waals surface area contributed by atoms with E-state index in [2.05, 4.69) is 178 Å². The summed E-state index contributed by atoms with van der Waals surface area (Å²) in [6.07, 6.45) is 3.20. The van der Waals surface area contributed by atoms with Crippen LogP contribution in [0.1, 0.15) is 49.4 Å². The van der Waals surface area contributed by atoms with Crippen molar-refractivity contribution in [2.45, 2.75) is 45.4 Å². The summed E-state index contributed by atoms with van der Waals surface area (Å²) < 4.78 is 0. The highest BCUT2D eigenvalue weighted by atomic mass is 31.1. The molecular formula is C44H42P2. The fraction of sp³-hybridized carbons (Fsp3) is 0.182. The van der Waals surface area contributed by atoms with Crippen molar-refractivity contribution >= 4 is 47.7 Å². The van der Waals surface area contributed by atoms with E-state index in [1.807, 2.05) is 0 Å². The van der Waals surface area contributed by atoms with Crippen LogP contribution in [0.15, 0.2) is 158 Å². The number of hydrogen-bond donors (Lipinski definition) is 0. The van der Waals surface area contributed by atoms with Gasteiger partial charge in [-0.3, -0.25) is 0 Å². The van der Waals surface area contributed by atoms with Gasteiger partial charge in [0.15, 0.2) is 0 Å². The van der Waals surface area contributed by atoms with E-state index >= 15 is 0 Å². The molecule has 0 nitrogen and oxygen atoms in total. The van der Waals surface area contributed by atoms with Crippen molar-refractivity contribution in [3.8, 4) is 0 Å². The van der Waals surface area contributed by atoms with Crippen LogP contribution in [0.2, 0.25) is 0 Å². The quantitative estimate of drug-likeness (QED) is 0.140. The van der Waals surface area contributed by atoms with Crippen LogP contribution in [0.4, 0.5) is 0 Å². The monoisotopic (exact) mass is 632 g/mol. The molecule has 6 aromatic rings. The van der Waals surface area contributed by atoms with Crippen LogP contribution in [0.5, 0.6) is 0 Å². The van der Waals surface area contributed by atoms with Gasteiger partial charge in [0, 0.05) is 5.41 Å². The molecule has 2 atom stereocenters. The summed E-state index contributed by atoms with van der Waals surface area (Å²) in [4.78, 5) is 0. The first-order valence-electron chi connectivity index (χ1n) is 16.7. The molecule has 2 unspecified atom stereocenters. The van der Waals surface area contributed by atoms with Crippen molar-refractivity contribution < 1.29 is 0 Å². The van der Waals surface area contributed by atoms with Crippen LogP contribution in [0.3, 0.4) is 0 Å².